The van der Waals surface area contributed by atoms with Gasteiger partial charge >= 0.3 is 6.03 Å². The van der Waals surface area contributed by atoms with Crippen LogP contribution in [0.15, 0.2) is 42.6 Å². The second kappa shape index (κ2) is 7.89. The van der Waals surface area contributed by atoms with Crippen molar-refractivity contribution in [2.45, 2.75) is 51.4 Å². The average molecular weight is 398 g/mol. The minimum absolute atomic E-state index is 0.0177. The number of benzene rings is 1. The van der Waals surface area contributed by atoms with Crippen molar-refractivity contribution in [2.24, 2.45) is 0 Å². The lowest BCUT2D eigenvalue weighted by Gasteiger charge is -2.38. The number of carbonyl (C=O) groups is 2. The summed E-state index contributed by atoms with van der Waals surface area (Å²) in [5.41, 5.74) is 1.87. The van der Waals surface area contributed by atoms with E-state index in [4.69, 9.17) is 0 Å². The second-order valence-corrected chi connectivity index (χ2v) is 8.13. The van der Waals surface area contributed by atoms with Gasteiger partial charge in [0.1, 0.15) is 12.4 Å². The van der Waals surface area contributed by atoms with Gasteiger partial charge < -0.3 is 19.7 Å². The van der Waals surface area contributed by atoms with Crippen molar-refractivity contribution < 1.29 is 14.0 Å². The molecule has 1 atom stereocenters. The highest BCUT2D eigenvalue weighted by Gasteiger charge is 2.38. The third-order valence-electron chi connectivity index (χ3n) is 5.51. The highest BCUT2D eigenvalue weighted by Crippen LogP contribution is 2.33. The predicted octanol–water partition coefficient (Wildman–Crippen LogP) is 3.14. The van der Waals surface area contributed by atoms with E-state index in [0.29, 0.717) is 13.1 Å². The molecule has 2 aromatic rings. The molecule has 1 aliphatic heterocycles. The number of urea groups is 1. The summed E-state index contributed by atoms with van der Waals surface area (Å²) in [5, 5.41) is 2.90. The van der Waals surface area contributed by atoms with Crippen LogP contribution in [0.2, 0.25) is 0 Å². The average Bonchev–Trinajstić information content (AvgIpc) is 3.41. The van der Waals surface area contributed by atoms with E-state index in [1.165, 1.54) is 12.1 Å². The van der Waals surface area contributed by atoms with Gasteiger partial charge in [-0.25, -0.2) is 9.18 Å². The molecule has 4 rings (SSSR count). The highest BCUT2D eigenvalue weighted by molar-refractivity contribution is 5.85. The van der Waals surface area contributed by atoms with E-state index in [2.05, 4.69) is 9.88 Å². The Morgan fingerprint density at radius 2 is 1.90 bits per heavy atom. The zero-order valence-corrected chi connectivity index (χ0v) is 16.8. The van der Waals surface area contributed by atoms with Crippen LogP contribution in [-0.2, 0) is 11.3 Å². The molecule has 7 heteroatoms. The normalized spacial score (nSPS) is 18.5. The largest absolute Gasteiger partial charge is 0.348 e. The van der Waals surface area contributed by atoms with Crippen molar-refractivity contribution >= 4 is 11.9 Å². The fourth-order valence-corrected chi connectivity index (χ4v) is 3.97. The molecule has 1 aromatic carbocycles. The SMILES string of the molecule is CC(C)NC(=O)N(CC(=O)N1CCn2cccc2[C@@H]1c1ccc(F)cc1)C1CC1. The third kappa shape index (κ3) is 4.13. The molecule has 0 saturated heterocycles. The number of carbonyl (C=O) groups excluding carboxylic acids is 2. The van der Waals surface area contributed by atoms with Crippen molar-refractivity contribution in [3.05, 3.63) is 59.7 Å². The number of amides is 3. The van der Waals surface area contributed by atoms with Gasteiger partial charge in [-0.3, -0.25) is 4.79 Å². The van der Waals surface area contributed by atoms with E-state index in [1.54, 1.807) is 17.0 Å². The smallest absolute Gasteiger partial charge is 0.318 e. The van der Waals surface area contributed by atoms with Crippen LogP contribution in [-0.4, -0.2) is 51.5 Å². The summed E-state index contributed by atoms with van der Waals surface area (Å²) < 4.78 is 15.6. The Labute approximate surface area is 170 Å². The number of hydrogen-bond acceptors (Lipinski definition) is 2. The van der Waals surface area contributed by atoms with E-state index in [1.807, 2.05) is 37.1 Å². The van der Waals surface area contributed by atoms with Crippen LogP contribution in [0.25, 0.3) is 0 Å². The van der Waals surface area contributed by atoms with Crippen LogP contribution in [0.4, 0.5) is 9.18 Å². The van der Waals surface area contributed by atoms with Gasteiger partial charge in [0.25, 0.3) is 0 Å². The molecule has 1 saturated carbocycles. The third-order valence-corrected chi connectivity index (χ3v) is 5.51. The topological polar surface area (TPSA) is 57.6 Å². The number of halogens is 1. The summed E-state index contributed by atoms with van der Waals surface area (Å²) >= 11 is 0. The van der Waals surface area contributed by atoms with Crippen molar-refractivity contribution in [1.29, 1.82) is 0 Å². The second-order valence-electron chi connectivity index (χ2n) is 8.13. The van der Waals surface area contributed by atoms with E-state index in [-0.39, 0.29) is 42.4 Å². The van der Waals surface area contributed by atoms with Crippen molar-refractivity contribution in [1.82, 2.24) is 19.7 Å². The molecule has 1 N–H and O–H groups in total. The zero-order chi connectivity index (χ0) is 20.5. The molecular formula is C22H27FN4O2. The Balaban J connectivity index is 1.59. The van der Waals surface area contributed by atoms with E-state index in [9.17, 15) is 14.0 Å². The summed E-state index contributed by atoms with van der Waals surface area (Å²) in [4.78, 5) is 29.4. The standard InChI is InChI=1S/C22H27FN4O2/c1-15(2)24-22(29)27(18-9-10-18)14-20(28)26-13-12-25-11-3-4-19(25)21(26)16-5-7-17(23)8-6-16/h3-8,11,15,18,21H,9-10,12-14H2,1-2H3,(H,24,29)/t21-/m0/s1. The number of nitrogens with one attached hydrogen (secondary N) is 1. The van der Waals surface area contributed by atoms with Crippen LogP contribution in [0.1, 0.15) is 44.0 Å². The van der Waals surface area contributed by atoms with E-state index >= 15 is 0 Å². The van der Waals surface area contributed by atoms with Crippen LogP contribution < -0.4 is 5.32 Å². The predicted molar refractivity (Wildman–Crippen MR) is 108 cm³/mol. The molecule has 29 heavy (non-hydrogen) atoms. The van der Waals surface area contributed by atoms with Crippen LogP contribution in [0, 0.1) is 5.82 Å². The van der Waals surface area contributed by atoms with E-state index in [0.717, 1.165) is 24.1 Å². The summed E-state index contributed by atoms with van der Waals surface area (Å²) in [5.74, 6) is -0.388. The molecule has 2 heterocycles. The monoisotopic (exact) mass is 398 g/mol. The van der Waals surface area contributed by atoms with Gasteiger partial charge in [-0.15, -0.1) is 0 Å². The Kier molecular flexibility index (Phi) is 5.30. The fraction of sp³-hybridized carbons (Fsp3) is 0.455. The Morgan fingerprint density at radius 3 is 2.55 bits per heavy atom. The molecule has 0 bridgehead atoms. The Morgan fingerprint density at radius 1 is 1.17 bits per heavy atom. The van der Waals surface area contributed by atoms with Crippen molar-refractivity contribution in [2.75, 3.05) is 13.1 Å². The maximum atomic E-state index is 13.5. The first-order valence-corrected chi connectivity index (χ1v) is 10.2. The van der Waals surface area contributed by atoms with E-state index < -0.39 is 0 Å². The molecule has 154 valence electrons. The summed E-state index contributed by atoms with van der Waals surface area (Å²) in [7, 11) is 0. The number of nitrogens with zero attached hydrogens (tertiary/aromatic N) is 3. The molecule has 1 aliphatic carbocycles. The lowest BCUT2D eigenvalue weighted by atomic mass is 9.99. The van der Waals surface area contributed by atoms with Gasteiger partial charge in [0.2, 0.25) is 5.91 Å². The minimum Gasteiger partial charge on any atom is -0.348 e. The summed E-state index contributed by atoms with van der Waals surface area (Å²) in [6.07, 6.45) is 3.87. The van der Waals surface area contributed by atoms with Gasteiger partial charge in [0.05, 0.1) is 6.04 Å². The summed E-state index contributed by atoms with van der Waals surface area (Å²) in [6, 6.07) is 9.94. The summed E-state index contributed by atoms with van der Waals surface area (Å²) in [6.45, 7) is 5.13. The lowest BCUT2D eigenvalue weighted by molar-refractivity contribution is -0.134. The molecule has 0 unspecified atom stereocenters. The fourth-order valence-electron chi connectivity index (χ4n) is 3.97. The van der Waals surface area contributed by atoms with Crippen molar-refractivity contribution in [3.8, 4) is 0 Å². The molecular weight excluding hydrogens is 371 g/mol. The Hall–Kier alpha value is -2.83. The molecule has 3 amide bonds. The maximum Gasteiger partial charge on any atom is 0.318 e. The first-order valence-electron chi connectivity index (χ1n) is 10.2. The van der Waals surface area contributed by atoms with Crippen LogP contribution in [0.3, 0.4) is 0 Å². The van der Waals surface area contributed by atoms with Crippen molar-refractivity contribution in [3.63, 3.8) is 0 Å². The van der Waals surface area contributed by atoms with Gasteiger partial charge in [-0.2, -0.15) is 0 Å². The van der Waals surface area contributed by atoms with Gasteiger partial charge in [-0.05, 0) is 56.5 Å². The first-order chi connectivity index (χ1) is 13.9. The van der Waals surface area contributed by atoms with Crippen LogP contribution in [0.5, 0.6) is 0 Å². The number of aromatic nitrogens is 1. The molecule has 0 radical (unpaired) electrons. The molecule has 2 aliphatic rings. The van der Waals surface area contributed by atoms with Gasteiger partial charge in [0.15, 0.2) is 0 Å². The zero-order valence-electron chi connectivity index (χ0n) is 16.8. The molecule has 1 fully saturated rings. The number of hydrogen-bond donors (Lipinski definition) is 1. The Bertz CT molecular complexity index is 888. The molecule has 1 aromatic heterocycles. The van der Waals surface area contributed by atoms with Gasteiger partial charge in [0, 0.05) is 37.1 Å². The first kappa shape index (κ1) is 19.5. The lowest BCUT2D eigenvalue weighted by Crippen LogP contribution is -2.51. The maximum absolute atomic E-state index is 13.5. The molecule has 6 nitrogen and oxygen atoms in total. The van der Waals surface area contributed by atoms with Crippen LogP contribution >= 0.6 is 0 Å². The van der Waals surface area contributed by atoms with Gasteiger partial charge in [-0.1, -0.05) is 12.1 Å². The number of fused-ring (bicyclic) bond motifs is 1. The minimum atomic E-state index is -0.303. The number of rotatable bonds is 5. The molecule has 0 spiro atoms. The quantitative estimate of drug-likeness (QED) is 0.841. The highest BCUT2D eigenvalue weighted by atomic mass is 19.1.